The molecule has 2 aromatic carbocycles. The number of amides is 1. The van der Waals surface area contributed by atoms with E-state index >= 15 is 0 Å². The monoisotopic (exact) mass is 494 g/mol. The average Bonchev–Trinajstić information content (AvgIpc) is 2.90. The van der Waals surface area contributed by atoms with Crippen LogP contribution in [0.1, 0.15) is 102 Å². The summed E-state index contributed by atoms with van der Waals surface area (Å²) in [6, 6.07) is 18.1. The molecule has 0 heterocycles. The third kappa shape index (κ3) is 15.5. The molecule has 0 atom stereocenters. The third-order valence-corrected chi connectivity index (χ3v) is 6.64. The summed E-state index contributed by atoms with van der Waals surface area (Å²) in [5.74, 6) is 0.860. The van der Waals surface area contributed by atoms with Crippen molar-refractivity contribution in [1.29, 1.82) is 0 Å². The molecule has 0 aliphatic rings. The normalized spacial score (nSPS) is 10.8. The minimum Gasteiger partial charge on any atom is -0.493 e. The van der Waals surface area contributed by atoms with Gasteiger partial charge in [0.1, 0.15) is 5.75 Å². The first-order chi connectivity index (χ1) is 17.8. The van der Waals surface area contributed by atoms with E-state index in [-0.39, 0.29) is 12.5 Å². The Morgan fingerprint density at radius 2 is 1.33 bits per heavy atom. The van der Waals surface area contributed by atoms with E-state index in [1.807, 2.05) is 42.5 Å². The Bertz CT molecular complexity index is 794. The van der Waals surface area contributed by atoms with E-state index in [4.69, 9.17) is 4.74 Å². The molecule has 1 amide bonds. The van der Waals surface area contributed by atoms with Crippen molar-refractivity contribution < 1.29 is 9.53 Å². The lowest BCUT2D eigenvalue weighted by Crippen LogP contribution is -2.30. The highest BCUT2D eigenvalue weighted by atomic mass is 16.5. The van der Waals surface area contributed by atoms with Gasteiger partial charge in [-0.15, -0.1) is 0 Å². The number of rotatable bonds is 22. The van der Waals surface area contributed by atoms with Crippen molar-refractivity contribution in [3.05, 3.63) is 60.2 Å². The van der Waals surface area contributed by atoms with Gasteiger partial charge in [-0.1, -0.05) is 127 Å². The molecule has 0 unspecified atom stereocenters. The fraction of sp³-hybridized carbons (Fsp3) is 0.594. The van der Waals surface area contributed by atoms with E-state index in [9.17, 15) is 4.79 Å². The number of hydrogen-bond donors (Lipinski definition) is 2. The van der Waals surface area contributed by atoms with Gasteiger partial charge in [0.05, 0.1) is 13.2 Å². The Morgan fingerprint density at radius 3 is 1.97 bits per heavy atom. The Labute approximate surface area is 220 Å². The molecular weight excluding hydrogens is 444 g/mol. The lowest BCUT2D eigenvalue weighted by Gasteiger charge is -2.10. The standard InChI is InChI=1S/C32H50N2O2/c1-2-3-4-5-6-7-8-9-10-11-12-13-14-18-25-33-32(35)28-34-30-22-19-23-31(27-30)36-26-24-29-20-16-15-17-21-29/h15-17,19-23,27,34H,2-14,18,24-26,28H2,1H3,(H,33,35). The molecule has 2 rings (SSSR count). The van der Waals surface area contributed by atoms with Crippen LogP contribution in [0.4, 0.5) is 5.69 Å². The largest absolute Gasteiger partial charge is 0.493 e. The molecule has 0 radical (unpaired) electrons. The van der Waals surface area contributed by atoms with Crippen molar-refractivity contribution in [2.75, 3.05) is 25.0 Å². The molecule has 200 valence electrons. The zero-order valence-corrected chi connectivity index (χ0v) is 22.7. The maximum absolute atomic E-state index is 12.2. The lowest BCUT2D eigenvalue weighted by atomic mass is 10.0. The van der Waals surface area contributed by atoms with Crippen LogP contribution in [0.5, 0.6) is 5.75 Å². The molecule has 2 N–H and O–H groups in total. The van der Waals surface area contributed by atoms with E-state index in [0.29, 0.717) is 6.61 Å². The summed E-state index contributed by atoms with van der Waals surface area (Å²) < 4.78 is 5.88. The quantitative estimate of drug-likeness (QED) is 0.162. The Balaban J connectivity index is 1.41. The topological polar surface area (TPSA) is 50.4 Å². The number of unbranched alkanes of at least 4 members (excludes halogenated alkanes) is 13. The second-order valence-electron chi connectivity index (χ2n) is 9.91. The van der Waals surface area contributed by atoms with Crippen molar-refractivity contribution >= 4 is 11.6 Å². The summed E-state index contributed by atoms with van der Waals surface area (Å²) in [4.78, 5) is 12.2. The molecule has 0 aliphatic carbocycles. The van der Waals surface area contributed by atoms with E-state index in [1.54, 1.807) is 0 Å². The highest BCUT2D eigenvalue weighted by Gasteiger charge is 2.03. The molecule has 0 aromatic heterocycles. The second-order valence-corrected chi connectivity index (χ2v) is 9.91. The number of carbonyl (C=O) groups is 1. The first kappa shape index (κ1) is 29.7. The van der Waals surface area contributed by atoms with Gasteiger partial charge >= 0.3 is 0 Å². The van der Waals surface area contributed by atoms with Gasteiger partial charge < -0.3 is 15.4 Å². The molecule has 0 aliphatic heterocycles. The Kier molecular flexibility index (Phi) is 17.1. The molecule has 4 nitrogen and oxygen atoms in total. The molecule has 36 heavy (non-hydrogen) atoms. The number of benzene rings is 2. The summed E-state index contributed by atoms with van der Waals surface area (Å²) >= 11 is 0. The van der Waals surface area contributed by atoms with E-state index in [1.165, 1.54) is 89.0 Å². The van der Waals surface area contributed by atoms with Crippen LogP contribution in [0.25, 0.3) is 0 Å². The van der Waals surface area contributed by atoms with Gasteiger partial charge in [0.25, 0.3) is 0 Å². The molecule has 0 spiro atoms. The summed E-state index contributed by atoms with van der Waals surface area (Å²) in [5.41, 5.74) is 2.17. The smallest absolute Gasteiger partial charge is 0.239 e. The van der Waals surface area contributed by atoms with Crippen LogP contribution in [-0.2, 0) is 11.2 Å². The second kappa shape index (κ2) is 20.7. The summed E-state index contributed by atoms with van der Waals surface area (Å²) in [6.45, 7) is 3.96. The van der Waals surface area contributed by atoms with Gasteiger partial charge in [-0.25, -0.2) is 0 Å². The highest BCUT2D eigenvalue weighted by Crippen LogP contribution is 2.17. The van der Waals surface area contributed by atoms with Crippen molar-refractivity contribution in [1.82, 2.24) is 5.32 Å². The van der Waals surface area contributed by atoms with Crippen LogP contribution < -0.4 is 15.4 Å². The van der Waals surface area contributed by atoms with Crippen molar-refractivity contribution in [3.8, 4) is 5.75 Å². The molecule has 0 fully saturated rings. The molecule has 0 saturated carbocycles. The van der Waals surface area contributed by atoms with Crippen LogP contribution in [-0.4, -0.2) is 25.6 Å². The van der Waals surface area contributed by atoms with Gasteiger partial charge in [0, 0.05) is 24.7 Å². The number of ether oxygens (including phenoxy) is 1. The third-order valence-electron chi connectivity index (χ3n) is 6.64. The van der Waals surface area contributed by atoms with Crippen molar-refractivity contribution in [3.63, 3.8) is 0 Å². The van der Waals surface area contributed by atoms with Crippen molar-refractivity contribution in [2.24, 2.45) is 0 Å². The van der Waals surface area contributed by atoms with Crippen LogP contribution in [0.15, 0.2) is 54.6 Å². The maximum atomic E-state index is 12.2. The van der Waals surface area contributed by atoms with Gasteiger partial charge in [0.2, 0.25) is 5.91 Å². The van der Waals surface area contributed by atoms with Crippen LogP contribution in [0.3, 0.4) is 0 Å². The SMILES string of the molecule is CCCCCCCCCCCCCCCCNC(=O)CNc1cccc(OCCc2ccccc2)c1. The molecular formula is C32H50N2O2. The molecule has 0 saturated heterocycles. The lowest BCUT2D eigenvalue weighted by molar-refractivity contribution is -0.119. The molecule has 0 bridgehead atoms. The van der Waals surface area contributed by atoms with E-state index in [0.717, 1.165) is 30.8 Å². The Morgan fingerprint density at radius 1 is 0.722 bits per heavy atom. The first-order valence-electron chi connectivity index (χ1n) is 14.6. The Hall–Kier alpha value is -2.49. The molecule has 2 aromatic rings. The van der Waals surface area contributed by atoms with Gasteiger partial charge in [-0.2, -0.15) is 0 Å². The van der Waals surface area contributed by atoms with Gasteiger partial charge in [0.15, 0.2) is 0 Å². The summed E-state index contributed by atoms with van der Waals surface area (Å²) in [6.07, 6.45) is 19.8. The van der Waals surface area contributed by atoms with E-state index in [2.05, 4.69) is 29.7 Å². The predicted molar refractivity (Wildman–Crippen MR) is 154 cm³/mol. The summed E-state index contributed by atoms with van der Waals surface area (Å²) in [7, 11) is 0. The number of nitrogens with one attached hydrogen (secondary N) is 2. The van der Waals surface area contributed by atoms with Gasteiger partial charge in [-0.3, -0.25) is 4.79 Å². The summed E-state index contributed by atoms with van der Waals surface area (Å²) in [5, 5.41) is 6.23. The zero-order valence-electron chi connectivity index (χ0n) is 22.7. The minimum atomic E-state index is 0.0418. The molecule has 4 heteroatoms. The van der Waals surface area contributed by atoms with Crippen molar-refractivity contribution in [2.45, 2.75) is 103 Å². The number of hydrogen-bond acceptors (Lipinski definition) is 3. The van der Waals surface area contributed by atoms with Crippen LogP contribution in [0.2, 0.25) is 0 Å². The van der Waals surface area contributed by atoms with Crippen LogP contribution in [0, 0.1) is 0 Å². The highest BCUT2D eigenvalue weighted by molar-refractivity contribution is 5.80. The zero-order chi connectivity index (χ0) is 25.5. The number of carbonyl (C=O) groups excluding carboxylic acids is 1. The van der Waals surface area contributed by atoms with E-state index < -0.39 is 0 Å². The van der Waals surface area contributed by atoms with Crippen LogP contribution >= 0.6 is 0 Å². The number of anilines is 1. The predicted octanol–water partition coefficient (Wildman–Crippen LogP) is 8.32. The average molecular weight is 495 g/mol. The fourth-order valence-corrected chi connectivity index (χ4v) is 4.42. The van der Waals surface area contributed by atoms with Gasteiger partial charge in [-0.05, 0) is 24.1 Å². The minimum absolute atomic E-state index is 0.0418. The maximum Gasteiger partial charge on any atom is 0.239 e. The fourth-order valence-electron chi connectivity index (χ4n) is 4.42. The first-order valence-corrected chi connectivity index (χ1v) is 14.6.